The van der Waals surface area contributed by atoms with Gasteiger partial charge in [0.1, 0.15) is 0 Å². The zero-order valence-electron chi connectivity index (χ0n) is 18.5. The molecule has 34 heavy (non-hydrogen) atoms. The molecule has 1 heterocycles. The molecule has 3 aromatic carbocycles. The highest BCUT2D eigenvalue weighted by molar-refractivity contribution is 5.76. The molecule has 1 unspecified atom stereocenters. The number of alkyl halides is 3. The lowest BCUT2D eigenvalue weighted by Crippen LogP contribution is -2.16. The molecule has 1 atom stereocenters. The second-order valence-corrected chi connectivity index (χ2v) is 8.25. The van der Waals surface area contributed by atoms with E-state index in [1.165, 1.54) is 12.1 Å². The largest absolute Gasteiger partial charge is 0.481 e. The number of aliphatic carboxylic acids is 1. The van der Waals surface area contributed by atoms with Crippen LogP contribution in [0.3, 0.4) is 0 Å². The highest BCUT2D eigenvalue weighted by atomic mass is 19.4. The smallest absolute Gasteiger partial charge is 0.416 e. The van der Waals surface area contributed by atoms with Crippen molar-refractivity contribution in [2.45, 2.75) is 32.0 Å². The van der Waals surface area contributed by atoms with Gasteiger partial charge in [-0.15, -0.1) is 0 Å². The molecule has 4 aromatic rings. The van der Waals surface area contributed by atoms with Crippen LogP contribution < -0.4 is 0 Å². The van der Waals surface area contributed by atoms with Crippen LogP contribution in [0.4, 0.5) is 13.2 Å². The quantitative estimate of drug-likeness (QED) is 0.347. The van der Waals surface area contributed by atoms with Crippen molar-refractivity contribution in [3.8, 4) is 11.3 Å². The lowest BCUT2D eigenvalue weighted by atomic mass is 9.92. The van der Waals surface area contributed by atoms with Crippen LogP contribution in [-0.4, -0.2) is 20.9 Å². The van der Waals surface area contributed by atoms with Crippen molar-refractivity contribution in [1.29, 1.82) is 0 Å². The molecular formula is C27H23F3N2O2. The van der Waals surface area contributed by atoms with Crippen molar-refractivity contribution in [3.63, 3.8) is 0 Å². The number of hydrogen-bond acceptors (Lipinski definition) is 2. The molecule has 0 aliphatic rings. The zero-order valence-corrected chi connectivity index (χ0v) is 18.5. The summed E-state index contributed by atoms with van der Waals surface area (Å²) in [5, 5.41) is 14.5. The summed E-state index contributed by atoms with van der Waals surface area (Å²) in [5.74, 6) is -2.36. The van der Waals surface area contributed by atoms with Crippen LogP contribution in [0.5, 0.6) is 0 Å². The van der Waals surface area contributed by atoms with Crippen molar-refractivity contribution in [2.75, 3.05) is 0 Å². The van der Waals surface area contributed by atoms with Gasteiger partial charge in [0, 0.05) is 6.42 Å². The Balaban J connectivity index is 1.71. The van der Waals surface area contributed by atoms with E-state index in [0.29, 0.717) is 12.2 Å². The summed E-state index contributed by atoms with van der Waals surface area (Å²) in [4.78, 5) is 12.0. The topological polar surface area (TPSA) is 55.1 Å². The predicted molar refractivity (Wildman–Crippen MR) is 123 cm³/mol. The van der Waals surface area contributed by atoms with Crippen LogP contribution in [0.15, 0.2) is 84.9 Å². The molecule has 4 rings (SSSR count). The van der Waals surface area contributed by atoms with Crippen LogP contribution in [0.25, 0.3) is 11.3 Å². The molecule has 0 fully saturated rings. The number of aromatic nitrogens is 2. The maximum absolute atomic E-state index is 13.2. The lowest BCUT2D eigenvalue weighted by molar-refractivity contribution is -0.140. The predicted octanol–water partition coefficient (Wildman–Crippen LogP) is 6.34. The monoisotopic (exact) mass is 464 g/mol. The van der Waals surface area contributed by atoms with E-state index >= 15 is 0 Å². The fourth-order valence-electron chi connectivity index (χ4n) is 3.89. The van der Waals surface area contributed by atoms with E-state index < -0.39 is 23.6 Å². The highest BCUT2D eigenvalue weighted by Crippen LogP contribution is 2.32. The van der Waals surface area contributed by atoms with Gasteiger partial charge in [0.25, 0.3) is 0 Å². The van der Waals surface area contributed by atoms with Crippen molar-refractivity contribution in [2.24, 2.45) is 0 Å². The number of benzene rings is 3. The number of rotatable bonds is 7. The minimum absolute atomic E-state index is 0.0305. The summed E-state index contributed by atoms with van der Waals surface area (Å²) in [5.41, 5.74) is 3.59. The van der Waals surface area contributed by atoms with E-state index in [9.17, 15) is 23.1 Å². The van der Waals surface area contributed by atoms with Crippen LogP contribution >= 0.6 is 0 Å². The summed E-state index contributed by atoms with van der Waals surface area (Å²) in [6.45, 7) is 2.47. The number of halogens is 3. The van der Waals surface area contributed by atoms with E-state index in [4.69, 9.17) is 0 Å². The van der Waals surface area contributed by atoms with Gasteiger partial charge in [-0.2, -0.15) is 18.3 Å². The Kier molecular flexibility index (Phi) is 6.54. The molecule has 174 valence electrons. The average Bonchev–Trinajstić information content (AvgIpc) is 3.20. The Morgan fingerprint density at radius 1 is 0.971 bits per heavy atom. The first-order chi connectivity index (χ1) is 16.2. The number of carbonyl (C=O) groups is 1. The summed E-state index contributed by atoms with van der Waals surface area (Å²) < 4.78 is 41.3. The zero-order chi connectivity index (χ0) is 24.3. The van der Waals surface area contributed by atoms with Crippen LogP contribution in [0.2, 0.25) is 0 Å². The maximum Gasteiger partial charge on any atom is 0.416 e. The average molecular weight is 464 g/mol. The molecule has 1 aromatic heterocycles. The third kappa shape index (κ3) is 5.36. The second-order valence-electron chi connectivity index (χ2n) is 8.25. The molecule has 0 amide bonds. The van der Waals surface area contributed by atoms with Gasteiger partial charge in [-0.3, -0.25) is 9.48 Å². The highest BCUT2D eigenvalue weighted by Gasteiger charge is 2.32. The molecule has 0 radical (unpaired) electrons. The third-order valence-corrected chi connectivity index (χ3v) is 5.68. The standard InChI is InChI=1S/C27H23F3N2O2/c1-18-10-12-20(13-11-18)25-16-23(31-32(25)17-19-6-3-2-4-7-19)15-24(26(33)34)21-8-5-9-22(14-21)27(28,29)30/h2-14,16,24H,15,17H2,1H3,(H,33,34). The number of nitrogens with zero attached hydrogens (tertiary/aromatic N) is 2. The molecule has 1 N–H and O–H groups in total. The maximum atomic E-state index is 13.2. The Labute approximate surface area is 195 Å². The third-order valence-electron chi connectivity index (χ3n) is 5.68. The molecular weight excluding hydrogens is 441 g/mol. The minimum Gasteiger partial charge on any atom is -0.481 e. The molecule has 0 bridgehead atoms. The van der Waals surface area contributed by atoms with E-state index in [-0.39, 0.29) is 12.0 Å². The normalized spacial score (nSPS) is 12.5. The number of carboxylic acids is 1. The molecule has 0 saturated carbocycles. The molecule has 0 saturated heterocycles. The van der Waals surface area contributed by atoms with E-state index in [2.05, 4.69) is 5.10 Å². The Bertz CT molecular complexity index is 1280. The van der Waals surface area contributed by atoms with Gasteiger partial charge in [-0.05, 0) is 35.7 Å². The summed E-state index contributed by atoms with van der Waals surface area (Å²) in [6, 6.07) is 23.9. The lowest BCUT2D eigenvalue weighted by Gasteiger charge is -2.14. The summed E-state index contributed by atoms with van der Waals surface area (Å²) in [6.07, 6.45) is -4.58. The molecule has 4 nitrogen and oxygen atoms in total. The summed E-state index contributed by atoms with van der Waals surface area (Å²) in [7, 11) is 0. The fraction of sp³-hybridized carbons (Fsp3) is 0.185. The number of hydrogen-bond donors (Lipinski definition) is 1. The van der Waals surface area contributed by atoms with Crippen LogP contribution in [0, 0.1) is 6.92 Å². The van der Waals surface area contributed by atoms with E-state index in [0.717, 1.165) is 34.5 Å². The number of carboxylic acid groups (broad SMARTS) is 1. The first-order valence-corrected chi connectivity index (χ1v) is 10.8. The molecule has 0 spiro atoms. The van der Waals surface area contributed by atoms with E-state index in [1.54, 1.807) is 4.68 Å². The second kappa shape index (κ2) is 9.55. The first kappa shape index (κ1) is 23.3. The molecule has 0 aliphatic heterocycles. The molecule has 0 aliphatic carbocycles. The van der Waals surface area contributed by atoms with Gasteiger partial charge in [-0.25, -0.2) is 0 Å². The van der Waals surface area contributed by atoms with Crippen molar-refractivity contribution in [3.05, 3.63) is 113 Å². The Hall–Kier alpha value is -3.87. The molecule has 7 heteroatoms. The van der Waals surface area contributed by atoms with Gasteiger partial charge in [-0.1, -0.05) is 78.4 Å². The minimum atomic E-state index is -4.55. The Morgan fingerprint density at radius 2 is 1.68 bits per heavy atom. The first-order valence-electron chi connectivity index (χ1n) is 10.8. The van der Waals surface area contributed by atoms with Crippen molar-refractivity contribution < 1.29 is 23.1 Å². The Morgan fingerprint density at radius 3 is 2.32 bits per heavy atom. The van der Waals surface area contributed by atoms with E-state index in [1.807, 2.05) is 67.6 Å². The number of aryl methyl sites for hydroxylation is 1. The van der Waals surface area contributed by atoms with Crippen molar-refractivity contribution in [1.82, 2.24) is 9.78 Å². The van der Waals surface area contributed by atoms with Crippen molar-refractivity contribution >= 4 is 5.97 Å². The van der Waals surface area contributed by atoms with Gasteiger partial charge in [0.05, 0.1) is 29.4 Å². The van der Waals surface area contributed by atoms with Crippen LogP contribution in [0.1, 0.15) is 33.9 Å². The van der Waals surface area contributed by atoms with Gasteiger partial charge >= 0.3 is 12.1 Å². The fourth-order valence-corrected chi connectivity index (χ4v) is 3.89. The van der Waals surface area contributed by atoms with Gasteiger partial charge in [0.15, 0.2) is 0 Å². The van der Waals surface area contributed by atoms with Gasteiger partial charge < -0.3 is 5.11 Å². The SMILES string of the molecule is Cc1ccc(-c2cc(CC(C(=O)O)c3cccc(C(F)(F)F)c3)nn2Cc2ccccc2)cc1. The van der Waals surface area contributed by atoms with Gasteiger partial charge in [0.2, 0.25) is 0 Å². The van der Waals surface area contributed by atoms with Crippen LogP contribution in [-0.2, 0) is 23.9 Å². The summed E-state index contributed by atoms with van der Waals surface area (Å²) >= 11 is 0.